The summed E-state index contributed by atoms with van der Waals surface area (Å²) < 4.78 is 58.9. The zero-order chi connectivity index (χ0) is 13.1. The minimum Gasteiger partial charge on any atom is -0.203 e. The summed E-state index contributed by atoms with van der Waals surface area (Å²) in [6, 6.07) is 6.57. The van der Waals surface area contributed by atoms with Crippen LogP contribution in [0.5, 0.6) is 0 Å². The molecule has 0 aliphatic carbocycles. The van der Waals surface area contributed by atoms with Crippen molar-refractivity contribution in [1.29, 1.82) is 0 Å². The van der Waals surface area contributed by atoms with E-state index in [4.69, 9.17) is 0 Å². The second kappa shape index (κ2) is 5.28. The lowest BCUT2D eigenvalue weighted by Gasteiger charge is -2.09. The number of halogens is 3. The number of alkyl halides is 3. The van der Waals surface area contributed by atoms with E-state index in [1.165, 1.54) is 16.5 Å². The van der Waals surface area contributed by atoms with Gasteiger partial charge in [0.2, 0.25) is 0 Å². The van der Waals surface area contributed by atoms with Crippen molar-refractivity contribution in [2.24, 2.45) is 0 Å². The molecule has 1 N–H and O–H groups in total. The molecule has 1 aromatic carbocycles. The van der Waals surface area contributed by atoms with E-state index in [0.717, 1.165) is 4.90 Å². The Kier molecular flexibility index (Phi) is 4.45. The Balaban J connectivity index is 2.68. The zero-order valence-corrected chi connectivity index (χ0v) is 10.4. The Morgan fingerprint density at radius 3 is 2.18 bits per heavy atom. The Morgan fingerprint density at radius 2 is 1.76 bits per heavy atom. The molecule has 0 aromatic heterocycles. The van der Waals surface area contributed by atoms with Crippen molar-refractivity contribution < 1.29 is 21.6 Å². The van der Waals surface area contributed by atoms with Crippen LogP contribution in [0, 0.1) is 0 Å². The molecular weight excluding hydrogens is 275 g/mol. The zero-order valence-electron chi connectivity index (χ0n) is 8.78. The van der Waals surface area contributed by atoms with Gasteiger partial charge >= 0.3 is 15.5 Å². The predicted octanol–water partition coefficient (Wildman–Crippen LogP) is 2.35. The average Bonchev–Trinajstić information content (AvgIpc) is 2.25. The summed E-state index contributed by atoms with van der Waals surface area (Å²) in [6.07, 6.45) is 1.86. The highest BCUT2D eigenvalue weighted by Gasteiger charge is 2.45. The number of hydrogen-bond donors (Lipinski definition) is 1. The SMILES string of the molecule is CSc1ccc(CNS(=O)(=O)C(F)(F)F)cc1. The Bertz CT molecular complexity index is 468. The Morgan fingerprint density at radius 1 is 1.24 bits per heavy atom. The molecule has 8 heteroatoms. The number of benzene rings is 1. The van der Waals surface area contributed by atoms with Crippen LogP contribution in [0.1, 0.15) is 5.56 Å². The minimum absolute atomic E-state index is 0.378. The fraction of sp³-hybridized carbons (Fsp3) is 0.333. The maximum atomic E-state index is 12.0. The van der Waals surface area contributed by atoms with Crippen molar-refractivity contribution in [3.8, 4) is 0 Å². The van der Waals surface area contributed by atoms with Crippen LogP contribution in [0.2, 0.25) is 0 Å². The number of rotatable bonds is 4. The van der Waals surface area contributed by atoms with Gasteiger partial charge in [0.05, 0.1) is 0 Å². The molecule has 0 heterocycles. The normalized spacial score (nSPS) is 12.7. The van der Waals surface area contributed by atoms with Gasteiger partial charge in [-0.2, -0.15) is 13.2 Å². The summed E-state index contributed by atoms with van der Waals surface area (Å²) in [5.41, 5.74) is -4.80. The molecule has 0 fully saturated rings. The summed E-state index contributed by atoms with van der Waals surface area (Å²) in [4.78, 5) is 0.951. The highest BCUT2D eigenvalue weighted by Crippen LogP contribution is 2.22. The third-order valence-electron chi connectivity index (χ3n) is 1.93. The van der Waals surface area contributed by atoms with Gasteiger partial charge in [0, 0.05) is 11.4 Å². The van der Waals surface area contributed by atoms with Crippen LogP contribution in [0.15, 0.2) is 29.2 Å². The smallest absolute Gasteiger partial charge is 0.203 e. The van der Waals surface area contributed by atoms with E-state index in [2.05, 4.69) is 0 Å². The molecule has 3 nitrogen and oxygen atoms in total. The van der Waals surface area contributed by atoms with Gasteiger partial charge in [0.15, 0.2) is 0 Å². The standard InChI is InChI=1S/C9H10F3NO2S2/c1-16-8-4-2-7(3-5-8)6-13-17(14,15)9(10,11)12/h2-5,13H,6H2,1H3. The first-order valence-electron chi connectivity index (χ1n) is 4.45. The average molecular weight is 285 g/mol. The van der Waals surface area contributed by atoms with E-state index in [-0.39, 0.29) is 6.54 Å². The monoisotopic (exact) mass is 285 g/mol. The molecule has 0 saturated carbocycles. The Hall–Kier alpha value is -0.730. The van der Waals surface area contributed by atoms with Gasteiger partial charge in [-0.1, -0.05) is 12.1 Å². The van der Waals surface area contributed by atoms with Crippen LogP contribution in [-0.4, -0.2) is 20.2 Å². The van der Waals surface area contributed by atoms with Gasteiger partial charge in [-0.3, -0.25) is 0 Å². The van der Waals surface area contributed by atoms with E-state index in [1.54, 1.807) is 24.3 Å². The van der Waals surface area contributed by atoms with Crippen molar-refractivity contribution in [1.82, 2.24) is 4.72 Å². The van der Waals surface area contributed by atoms with Crippen LogP contribution in [0.4, 0.5) is 13.2 Å². The summed E-state index contributed by atoms with van der Waals surface area (Å²) in [5, 5.41) is 0. The molecule has 1 rings (SSSR count). The van der Waals surface area contributed by atoms with Crippen LogP contribution in [0.3, 0.4) is 0 Å². The van der Waals surface area contributed by atoms with Crippen LogP contribution in [-0.2, 0) is 16.6 Å². The first-order chi connectivity index (χ1) is 7.76. The first kappa shape index (κ1) is 14.3. The molecule has 0 aliphatic rings. The number of thioether (sulfide) groups is 1. The van der Waals surface area contributed by atoms with Crippen molar-refractivity contribution in [2.45, 2.75) is 16.9 Å². The highest BCUT2D eigenvalue weighted by atomic mass is 32.2. The van der Waals surface area contributed by atoms with E-state index in [1.807, 2.05) is 6.26 Å². The first-order valence-corrected chi connectivity index (χ1v) is 7.16. The van der Waals surface area contributed by atoms with Gasteiger partial charge in [-0.05, 0) is 24.0 Å². The van der Waals surface area contributed by atoms with Crippen molar-refractivity contribution in [2.75, 3.05) is 6.26 Å². The third-order valence-corrected chi connectivity index (χ3v) is 3.81. The summed E-state index contributed by atoms with van der Waals surface area (Å²) in [5.74, 6) is 0. The molecule has 0 radical (unpaired) electrons. The molecule has 0 atom stereocenters. The van der Waals surface area contributed by atoms with Gasteiger partial charge in [0.1, 0.15) is 0 Å². The molecule has 96 valence electrons. The molecular formula is C9H10F3NO2S2. The molecule has 1 aromatic rings. The third kappa shape index (κ3) is 3.90. The van der Waals surface area contributed by atoms with Crippen LogP contribution >= 0.6 is 11.8 Å². The fourth-order valence-corrected chi connectivity index (χ4v) is 1.93. The number of sulfonamides is 1. The molecule has 0 aliphatic heterocycles. The quantitative estimate of drug-likeness (QED) is 0.864. The second-order valence-electron chi connectivity index (χ2n) is 3.12. The van der Waals surface area contributed by atoms with E-state index in [9.17, 15) is 21.6 Å². The number of nitrogens with one attached hydrogen (secondary N) is 1. The van der Waals surface area contributed by atoms with Crippen LogP contribution < -0.4 is 4.72 Å². The summed E-state index contributed by atoms with van der Waals surface area (Å²) in [7, 11) is -5.27. The van der Waals surface area contributed by atoms with Gasteiger partial charge < -0.3 is 0 Å². The van der Waals surface area contributed by atoms with Crippen molar-refractivity contribution >= 4 is 21.8 Å². The molecule has 0 amide bonds. The van der Waals surface area contributed by atoms with E-state index < -0.39 is 15.5 Å². The predicted molar refractivity (Wildman–Crippen MR) is 60.0 cm³/mol. The second-order valence-corrected chi connectivity index (χ2v) is 5.76. The fourth-order valence-electron chi connectivity index (χ4n) is 1.00. The molecule has 17 heavy (non-hydrogen) atoms. The van der Waals surface area contributed by atoms with Gasteiger partial charge in [-0.25, -0.2) is 13.1 Å². The molecule has 0 bridgehead atoms. The largest absolute Gasteiger partial charge is 0.511 e. The lowest BCUT2D eigenvalue weighted by atomic mass is 10.2. The maximum Gasteiger partial charge on any atom is 0.511 e. The minimum atomic E-state index is -5.27. The lowest BCUT2D eigenvalue weighted by Crippen LogP contribution is -2.35. The van der Waals surface area contributed by atoms with Gasteiger partial charge in [0.25, 0.3) is 0 Å². The molecule has 0 spiro atoms. The van der Waals surface area contributed by atoms with Crippen LogP contribution in [0.25, 0.3) is 0 Å². The van der Waals surface area contributed by atoms with Crippen molar-refractivity contribution in [3.63, 3.8) is 0 Å². The van der Waals surface area contributed by atoms with Gasteiger partial charge in [-0.15, -0.1) is 11.8 Å². The molecule has 0 unspecified atom stereocenters. The number of hydrogen-bond acceptors (Lipinski definition) is 3. The van der Waals surface area contributed by atoms with E-state index in [0.29, 0.717) is 5.56 Å². The van der Waals surface area contributed by atoms with Crippen molar-refractivity contribution in [3.05, 3.63) is 29.8 Å². The highest BCUT2D eigenvalue weighted by molar-refractivity contribution is 7.98. The maximum absolute atomic E-state index is 12.0. The Labute approximate surface area is 101 Å². The van der Waals surface area contributed by atoms with E-state index >= 15 is 0 Å². The summed E-state index contributed by atoms with van der Waals surface area (Å²) in [6.45, 7) is -0.378. The molecule has 0 saturated heterocycles. The summed E-state index contributed by atoms with van der Waals surface area (Å²) >= 11 is 1.49. The topological polar surface area (TPSA) is 46.2 Å². The lowest BCUT2D eigenvalue weighted by molar-refractivity contribution is -0.0448.